The van der Waals surface area contributed by atoms with E-state index in [-0.39, 0.29) is 0 Å². The van der Waals surface area contributed by atoms with Crippen LogP contribution < -0.4 is 0 Å². The molecule has 1 rings (SSSR count). The zero-order chi connectivity index (χ0) is 8.10. The molecule has 1 aromatic heterocycles. The van der Waals surface area contributed by atoms with Gasteiger partial charge in [-0.2, -0.15) is 12.6 Å². The molecule has 0 saturated carbocycles. The normalized spacial score (nSPS) is 10.7. The molecule has 11 heavy (non-hydrogen) atoms. The summed E-state index contributed by atoms with van der Waals surface area (Å²) in [5.74, 6) is 0.701. The molecule has 0 aliphatic carbocycles. The highest BCUT2D eigenvalue weighted by Gasteiger charge is 1.92. The lowest BCUT2D eigenvalue weighted by Gasteiger charge is -1.94. The van der Waals surface area contributed by atoms with E-state index in [9.17, 15) is 0 Å². The van der Waals surface area contributed by atoms with Crippen LogP contribution in [0.4, 0.5) is 0 Å². The smallest absolute Gasteiger partial charge is 0.153 e. The molecule has 0 amide bonds. The first-order valence-corrected chi connectivity index (χ1v) is 4.78. The number of hydrogen-bond donors (Lipinski definition) is 1. The second-order valence-electron chi connectivity index (χ2n) is 1.77. The molecule has 0 saturated heterocycles. The Labute approximate surface area is 75.6 Å². The highest BCUT2D eigenvalue weighted by atomic mass is 32.2. The van der Waals surface area contributed by atoms with Gasteiger partial charge in [0, 0.05) is 6.20 Å². The van der Waals surface area contributed by atoms with Crippen LogP contribution >= 0.6 is 24.4 Å². The van der Waals surface area contributed by atoms with E-state index in [2.05, 4.69) is 22.6 Å². The summed E-state index contributed by atoms with van der Waals surface area (Å²) in [6.07, 6.45) is 5.47. The van der Waals surface area contributed by atoms with Crippen molar-refractivity contribution in [1.82, 2.24) is 9.97 Å². The summed E-state index contributed by atoms with van der Waals surface area (Å²) >= 11 is 5.53. The third-order valence-electron chi connectivity index (χ3n) is 1.08. The molecular weight excluding hydrogens is 176 g/mol. The average Bonchev–Trinajstić information content (AvgIpc) is 2.06. The molecule has 0 aromatic carbocycles. The van der Waals surface area contributed by atoms with Gasteiger partial charge < -0.3 is 0 Å². The predicted molar refractivity (Wildman–Crippen MR) is 51.8 cm³/mol. The topological polar surface area (TPSA) is 25.8 Å². The standard InChI is InChI=1S/C7H8N2S2/c1-11-7-2-4-8-6(9-7)3-5-10/h2-5,10H,1H3/b5-3+. The van der Waals surface area contributed by atoms with Crippen LogP contribution in [-0.4, -0.2) is 16.2 Å². The highest BCUT2D eigenvalue weighted by Crippen LogP contribution is 2.09. The molecule has 0 fully saturated rings. The van der Waals surface area contributed by atoms with Gasteiger partial charge in [0.25, 0.3) is 0 Å². The van der Waals surface area contributed by atoms with Crippen LogP contribution in [-0.2, 0) is 0 Å². The first kappa shape index (κ1) is 8.62. The molecule has 0 atom stereocenters. The first-order chi connectivity index (χ1) is 5.36. The Morgan fingerprint density at radius 2 is 2.45 bits per heavy atom. The van der Waals surface area contributed by atoms with Crippen LogP contribution in [0.2, 0.25) is 0 Å². The molecule has 0 aliphatic rings. The van der Waals surface area contributed by atoms with Gasteiger partial charge in [0.2, 0.25) is 0 Å². The van der Waals surface area contributed by atoms with Crippen LogP contribution in [0, 0.1) is 0 Å². The molecule has 0 radical (unpaired) electrons. The van der Waals surface area contributed by atoms with Crippen molar-refractivity contribution in [2.75, 3.05) is 6.26 Å². The van der Waals surface area contributed by atoms with Gasteiger partial charge in [0.05, 0.1) is 5.03 Å². The lowest BCUT2D eigenvalue weighted by Crippen LogP contribution is -1.86. The van der Waals surface area contributed by atoms with Crippen LogP contribution in [0.15, 0.2) is 22.7 Å². The first-order valence-electron chi connectivity index (χ1n) is 3.04. The van der Waals surface area contributed by atoms with Crippen molar-refractivity contribution < 1.29 is 0 Å². The quantitative estimate of drug-likeness (QED) is 0.433. The van der Waals surface area contributed by atoms with Crippen molar-refractivity contribution in [2.24, 2.45) is 0 Å². The number of rotatable bonds is 2. The van der Waals surface area contributed by atoms with E-state index in [1.54, 1.807) is 29.4 Å². The van der Waals surface area contributed by atoms with E-state index in [1.807, 2.05) is 12.3 Å². The van der Waals surface area contributed by atoms with Gasteiger partial charge in [-0.3, -0.25) is 0 Å². The van der Waals surface area contributed by atoms with Crippen molar-refractivity contribution in [3.05, 3.63) is 23.5 Å². The van der Waals surface area contributed by atoms with Gasteiger partial charge in [-0.1, -0.05) is 0 Å². The van der Waals surface area contributed by atoms with E-state index in [1.165, 1.54) is 0 Å². The minimum Gasteiger partial charge on any atom is -0.237 e. The third-order valence-corrected chi connectivity index (χ3v) is 1.88. The second kappa shape index (κ2) is 4.41. The van der Waals surface area contributed by atoms with Crippen LogP contribution in [0.3, 0.4) is 0 Å². The molecule has 58 valence electrons. The number of aromatic nitrogens is 2. The van der Waals surface area contributed by atoms with E-state index in [0.29, 0.717) is 5.82 Å². The zero-order valence-corrected chi connectivity index (χ0v) is 7.77. The van der Waals surface area contributed by atoms with Crippen molar-refractivity contribution in [2.45, 2.75) is 5.03 Å². The van der Waals surface area contributed by atoms with E-state index < -0.39 is 0 Å². The minimum absolute atomic E-state index is 0.701. The summed E-state index contributed by atoms with van der Waals surface area (Å²) in [5, 5.41) is 2.60. The van der Waals surface area contributed by atoms with Crippen molar-refractivity contribution >= 4 is 30.5 Å². The molecule has 4 heteroatoms. The molecule has 2 nitrogen and oxygen atoms in total. The zero-order valence-electron chi connectivity index (χ0n) is 6.06. The van der Waals surface area contributed by atoms with Gasteiger partial charge >= 0.3 is 0 Å². The van der Waals surface area contributed by atoms with E-state index in [0.717, 1.165) is 5.03 Å². The van der Waals surface area contributed by atoms with Crippen LogP contribution in [0.5, 0.6) is 0 Å². The fourth-order valence-corrected chi connectivity index (χ4v) is 1.13. The maximum Gasteiger partial charge on any atom is 0.153 e. The minimum atomic E-state index is 0.701. The Bertz CT molecular complexity index is 260. The molecule has 0 spiro atoms. The number of thiol groups is 1. The summed E-state index contributed by atoms with van der Waals surface area (Å²) in [4.78, 5) is 8.21. The SMILES string of the molecule is CSc1ccnc(/C=C/S)n1. The van der Waals surface area contributed by atoms with Gasteiger partial charge in [0.15, 0.2) is 5.82 Å². The van der Waals surface area contributed by atoms with Crippen LogP contribution in [0.1, 0.15) is 5.82 Å². The van der Waals surface area contributed by atoms with Gasteiger partial charge in [-0.15, -0.1) is 11.8 Å². The Morgan fingerprint density at radius 3 is 3.09 bits per heavy atom. The van der Waals surface area contributed by atoms with Gasteiger partial charge in [-0.25, -0.2) is 9.97 Å². The second-order valence-corrected chi connectivity index (χ2v) is 2.90. The van der Waals surface area contributed by atoms with Gasteiger partial charge in [0.1, 0.15) is 0 Å². The lowest BCUT2D eigenvalue weighted by atomic mass is 10.5. The Kier molecular flexibility index (Phi) is 3.45. The predicted octanol–water partition coefficient (Wildman–Crippen LogP) is 2.10. The maximum atomic E-state index is 4.20. The van der Waals surface area contributed by atoms with E-state index >= 15 is 0 Å². The fourth-order valence-electron chi connectivity index (χ4n) is 0.617. The number of thioether (sulfide) groups is 1. The number of hydrogen-bond acceptors (Lipinski definition) is 4. The van der Waals surface area contributed by atoms with Crippen molar-refractivity contribution in [3.8, 4) is 0 Å². The monoisotopic (exact) mass is 184 g/mol. The summed E-state index contributed by atoms with van der Waals surface area (Å²) in [6.45, 7) is 0. The third kappa shape index (κ3) is 2.55. The summed E-state index contributed by atoms with van der Waals surface area (Å²) in [7, 11) is 0. The largest absolute Gasteiger partial charge is 0.237 e. The van der Waals surface area contributed by atoms with Crippen molar-refractivity contribution in [3.63, 3.8) is 0 Å². The average molecular weight is 184 g/mol. The summed E-state index contributed by atoms with van der Waals surface area (Å²) < 4.78 is 0. The summed E-state index contributed by atoms with van der Waals surface area (Å²) in [5.41, 5.74) is 0. The molecule has 1 heterocycles. The highest BCUT2D eigenvalue weighted by molar-refractivity contribution is 7.98. The maximum absolute atomic E-state index is 4.20. The van der Waals surface area contributed by atoms with E-state index in [4.69, 9.17) is 0 Å². The Balaban J connectivity index is 2.91. The van der Waals surface area contributed by atoms with Gasteiger partial charge in [-0.05, 0) is 23.8 Å². The molecular formula is C7H8N2S2. The number of nitrogens with zero attached hydrogens (tertiary/aromatic N) is 2. The van der Waals surface area contributed by atoms with Crippen LogP contribution in [0.25, 0.3) is 6.08 Å². The Hall–Kier alpha value is -0.480. The fraction of sp³-hybridized carbons (Fsp3) is 0.143. The summed E-state index contributed by atoms with van der Waals surface area (Å²) in [6, 6.07) is 1.88. The Morgan fingerprint density at radius 1 is 1.64 bits per heavy atom. The molecule has 0 unspecified atom stereocenters. The molecule has 0 aliphatic heterocycles. The molecule has 1 aromatic rings. The van der Waals surface area contributed by atoms with Crippen molar-refractivity contribution in [1.29, 1.82) is 0 Å². The molecule has 0 bridgehead atoms. The lowest BCUT2D eigenvalue weighted by molar-refractivity contribution is 1.03. The molecule has 0 N–H and O–H groups in total.